The Balaban J connectivity index is -0.000000148. The summed E-state index contributed by atoms with van der Waals surface area (Å²) >= 11 is 0. The van der Waals surface area contributed by atoms with E-state index < -0.39 is 7.25 Å². The summed E-state index contributed by atoms with van der Waals surface area (Å²) in [5.74, 6) is 0.301. The van der Waals surface area contributed by atoms with E-state index in [1.165, 1.54) is 0 Å². The smallest absolute Gasteiger partial charge is 0.0312 e. The van der Waals surface area contributed by atoms with Crippen LogP contribution in [0, 0.1) is 56.7 Å². The zero-order valence-corrected chi connectivity index (χ0v) is 17.3. The standard InChI is InChI=1S/C11H18O.C5H5.2CO.BF4.Mo/c1-11(2,3)10(12)9-7-5-4-6-8-9;1-2-4-5-3-1;2*1-2;2-1(3,4)5;/h4-7,9-10,12H,8H2,1-3H3;1-5H;;;;/q;;;;-1;+2/t9-,10+;;;;;/m1...../s1. The summed E-state index contributed by atoms with van der Waals surface area (Å²) in [6.07, 6.45) is 19.0. The van der Waals surface area contributed by atoms with Crippen LogP contribution in [0.1, 0.15) is 27.2 Å². The van der Waals surface area contributed by atoms with E-state index in [4.69, 9.17) is 9.30 Å². The summed E-state index contributed by atoms with van der Waals surface area (Å²) in [4.78, 5) is 0. The summed E-state index contributed by atoms with van der Waals surface area (Å²) in [5, 5.41) is 9.93. The van der Waals surface area contributed by atoms with E-state index in [0.29, 0.717) is 5.92 Å². The molecule has 0 amide bonds. The molecule has 1 saturated carbocycles. The van der Waals surface area contributed by atoms with Crippen LogP contribution < -0.4 is 0 Å². The van der Waals surface area contributed by atoms with Gasteiger partial charge in [0.25, 0.3) is 0 Å². The van der Waals surface area contributed by atoms with E-state index >= 15 is 0 Å². The maximum absolute atomic E-state index is 9.93. The number of halogens is 4. The molecule has 0 aromatic rings. The number of hydrogen-bond acceptors (Lipinski definition) is 1. The molecule has 0 aromatic carbocycles. The minimum absolute atomic E-state index is 0. The van der Waals surface area contributed by atoms with Crippen LogP contribution in [0.3, 0.4) is 0 Å². The van der Waals surface area contributed by atoms with Crippen LogP contribution in [0.25, 0.3) is 0 Å². The molecule has 1 fully saturated rings. The van der Waals surface area contributed by atoms with Gasteiger partial charge in [-0.2, -0.15) is 0 Å². The molecule has 3 nitrogen and oxygen atoms in total. The second-order valence-electron chi connectivity index (χ2n) is 5.98. The number of aliphatic hydroxyl groups excluding tert-OH is 1. The minimum atomic E-state index is -6.00. The first-order valence-corrected chi connectivity index (χ1v) is 7.48. The Labute approximate surface area is 174 Å². The average Bonchev–Trinajstić information content (AvgIpc) is 3.16. The third-order valence-electron chi connectivity index (χ3n) is 2.86. The maximum atomic E-state index is 9.93. The van der Waals surface area contributed by atoms with Gasteiger partial charge in [0.15, 0.2) is 0 Å². The molecule has 2 aliphatic rings. The van der Waals surface area contributed by atoms with Gasteiger partial charge in [0, 0.05) is 5.92 Å². The van der Waals surface area contributed by atoms with E-state index in [9.17, 15) is 22.4 Å². The third kappa shape index (κ3) is 27.7. The van der Waals surface area contributed by atoms with Crippen molar-refractivity contribution in [1.29, 1.82) is 0 Å². The second-order valence-corrected chi connectivity index (χ2v) is 5.98. The van der Waals surface area contributed by atoms with Gasteiger partial charge in [0.05, 0.1) is 6.10 Å². The van der Waals surface area contributed by atoms with E-state index in [1.54, 1.807) is 0 Å². The molecule has 2 aliphatic carbocycles. The first-order valence-electron chi connectivity index (χ1n) is 7.48. The molecule has 0 saturated heterocycles. The monoisotopic (exact) mass is 472 g/mol. The van der Waals surface area contributed by atoms with E-state index in [-0.39, 0.29) is 32.6 Å². The van der Waals surface area contributed by atoms with E-state index in [0.717, 1.165) is 6.42 Å². The van der Waals surface area contributed by atoms with Crippen molar-refractivity contribution in [3.8, 4) is 0 Å². The molecular weight excluding hydrogens is 447 g/mol. The van der Waals surface area contributed by atoms with Gasteiger partial charge in [-0.3, -0.25) is 0 Å². The molecule has 0 spiro atoms. The fourth-order valence-corrected chi connectivity index (χ4v) is 1.80. The van der Waals surface area contributed by atoms with Gasteiger partial charge >= 0.3 is 50.9 Å². The quantitative estimate of drug-likeness (QED) is 0.255. The Morgan fingerprint density at radius 2 is 1.26 bits per heavy atom. The van der Waals surface area contributed by atoms with Gasteiger partial charge in [0.2, 0.25) is 0 Å². The Morgan fingerprint density at radius 3 is 1.48 bits per heavy atom. The van der Waals surface area contributed by atoms with Crippen LogP contribution in [0.4, 0.5) is 17.3 Å². The molecule has 2 rings (SSSR count). The molecule has 0 aliphatic heterocycles. The third-order valence-corrected chi connectivity index (χ3v) is 2.86. The van der Waals surface area contributed by atoms with Crippen molar-refractivity contribution in [3.05, 3.63) is 69.7 Å². The summed E-state index contributed by atoms with van der Waals surface area (Å²) in [6, 6.07) is 0. The average molecular weight is 470 g/mol. The Kier molecular flexibility index (Phi) is 25.3. The Morgan fingerprint density at radius 1 is 0.926 bits per heavy atom. The van der Waals surface area contributed by atoms with Crippen molar-refractivity contribution in [2.24, 2.45) is 11.3 Å². The molecule has 0 bridgehead atoms. The zero-order chi connectivity index (χ0) is 21.2. The van der Waals surface area contributed by atoms with Gasteiger partial charge in [-0.05, 0) is 43.9 Å². The SMILES string of the molecule is CC(C)(C)[C@@H](O)[C@@H]1C=CC=CC1.F[B-](F)(F)F.[C-]#[O+].[C-]#[O+].[CH]1[CH][CH][CH][CH]1.[Mo+2]. The van der Waals surface area contributed by atoms with Crippen LogP contribution in [0.15, 0.2) is 24.3 Å². The van der Waals surface area contributed by atoms with Crippen molar-refractivity contribution in [2.45, 2.75) is 33.3 Å². The summed E-state index contributed by atoms with van der Waals surface area (Å²) in [5.41, 5.74) is -0.0137. The van der Waals surface area contributed by atoms with E-state index in [1.807, 2.05) is 44.3 Å². The van der Waals surface area contributed by atoms with Crippen molar-refractivity contribution in [3.63, 3.8) is 0 Å². The van der Waals surface area contributed by atoms with E-state index in [2.05, 4.69) is 46.2 Å². The van der Waals surface area contributed by atoms with Crippen molar-refractivity contribution in [1.82, 2.24) is 0 Å². The summed E-state index contributed by atoms with van der Waals surface area (Å²) in [6.45, 7) is 15.2. The molecule has 0 unspecified atom stereocenters. The number of allylic oxidation sites excluding steroid dienone is 3. The van der Waals surface area contributed by atoms with Crippen LogP contribution in [0.2, 0.25) is 0 Å². The topological polar surface area (TPSA) is 60.0 Å². The molecular formula is C18H23BF4MoO3+. The van der Waals surface area contributed by atoms with Gasteiger partial charge in [-0.25, -0.2) is 0 Å². The second kappa shape index (κ2) is 20.1. The van der Waals surface area contributed by atoms with Gasteiger partial charge in [0.1, 0.15) is 0 Å². The largest absolute Gasteiger partial charge is 2.00 e. The molecule has 1 N–H and O–H groups in total. The van der Waals surface area contributed by atoms with Gasteiger partial charge < -0.3 is 22.4 Å². The first kappa shape index (κ1) is 33.9. The molecule has 0 aromatic heterocycles. The van der Waals surface area contributed by atoms with Gasteiger partial charge in [-0.1, -0.05) is 45.1 Å². The molecule has 9 heteroatoms. The van der Waals surface area contributed by atoms with Crippen molar-refractivity contribution >= 4 is 7.25 Å². The molecule has 27 heavy (non-hydrogen) atoms. The van der Waals surface area contributed by atoms with Crippen molar-refractivity contribution < 1.29 is 52.7 Å². The van der Waals surface area contributed by atoms with Crippen LogP contribution >= 0.6 is 0 Å². The van der Waals surface area contributed by atoms with Crippen molar-refractivity contribution in [2.75, 3.05) is 0 Å². The number of rotatable bonds is 1. The predicted octanol–water partition coefficient (Wildman–Crippen LogP) is 4.77. The van der Waals surface area contributed by atoms with Crippen LogP contribution in [-0.4, -0.2) is 18.5 Å². The molecule has 0 heterocycles. The van der Waals surface area contributed by atoms with Crippen LogP contribution in [0.5, 0.6) is 0 Å². The first-order chi connectivity index (χ1) is 12.0. The normalized spacial score (nSPS) is 18.3. The molecule has 149 valence electrons. The molecule has 2 atom stereocenters. The maximum Gasteiger partial charge on any atom is 2.00 e. The molecule has 5 radical (unpaired) electrons. The predicted molar refractivity (Wildman–Crippen MR) is 91.4 cm³/mol. The Hall–Kier alpha value is -0.607. The minimum Gasteiger partial charge on any atom is -0.0312 e. The zero-order valence-electron chi connectivity index (χ0n) is 15.3. The fourth-order valence-electron chi connectivity index (χ4n) is 1.80. The fraction of sp³-hybridized carbons (Fsp3) is 0.389. The summed E-state index contributed by atoms with van der Waals surface area (Å²) < 4.78 is 54.0. The van der Waals surface area contributed by atoms with Crippen LogP contribution in [-0.2, 0) is 30.4 Å². The Bertz CT molecular complexity index is 406. The van der Waals surface area contributed by atoms with Gasteiger partial charge in [-0.15, -0.1) is 0 Å². The number of hydrogen-bond donors (Lipinski definition) is 1. The summed E-state index contributed by atoms with van der Waals surface area (Å²) in [7, 11) is -6.00. The number of aliphatic hydroxyl groups is 1.